The van der Waals surface area contributed by atoms with Crippen molar-refractivity contribution in [3.63, 3.8) is 0 Å². The first-order chi connectivity index (χ1) is 9.17. The molecule has 1 heterocycles. The lowest BCUT2D eigenvalue weighted by Crippen LogP contribution is -2.34. The number of nitrogens with one attached hydrogen (secondary N) is 1. The molecular weight excluding hydrogens is 238 g/mol. The summed E-state index contributed by atoms with van der Waals surface area (Å²) in [6, 6.07) is 4.62. The summed E-state index contributed by atoms with van der Waals surface area (Å²) in [6.45, 7) is 5.12. The van der Waals surface area contributed by atoms with E-state index >= 15 is 0 Å². The number of aryl methyl sites for hydroxylation is 2. The van der Waals surface area contributed by atoms with Crippen LogP contribution in [0.4, 0.5) is 0 Å². The first kappa shape index (κ1) is 14.4. The number of benzene rings is 1. The van der Waals surface area contributed by atoms with Crippen molar-refractivity contribution in [3.8, 4) is 5.75 Å². The maximum absolute atomic E-state index is 5.94. The lowest BCUT2D eigenvalue weighted by molar-refractivity contribution is -0.00676. The molecule has 0 spiro atoms. The van der Waals surface area contributed by atoms with Crippen molar-refractivity contribution in [1.82, 2.24) is 5.32 Å². The highest BCUT2D eigenvalue weighted by Crippen LogP contribution is 2.31. The Kier molecular flexibility index (Phi) is 4.83. The lowest BCUT2D eigenvalue weighted by Gasteiger charge is -2.31. The molecule has 1 aromatic rings. The summed E-state index contributed by atoms with van der Waals surface area (Å²) in [6.07, 6.45) is 3.87. The second-order valence-corrected chi connectivity index (χ2v) is 5.35. The first-order valence-corrected chi connectivity index (χ1v) is 7.11. The number of methoxy groups -OCH3 is 1. The quantitative estimate of drug-likeness (QED) is 0.905. The van der Waals surface area contributed by atoms with Gasteiger partial charge in [-0.3, -0.25) is 0 Å². The van der Waals surface area contributed by atoms with E-state index in [-0.39, 0.29) is 12.1 Å². The molecule has 0 bridgehead atoms. The zero-order chi connectivity index (χ0) is 13.8. The zero-order valence-electron chi connectivity index (χ0n) is 12.5. The monoisotopic (exact) mass is 263 g/mol. The third-order valence-electron chi connectivity index (χ3n) is 4.02. The highest BCUT2D eigenvalue weighted by molar-refractivity contribution is 5.43. The molecule has 0 saturated carbocycles. The third kappa shape index (κ3) is 3.10. The highest BCUT2D eigenvalue weighted by atomic mass is 16.5. The van der Waals surface area contributed by atoms with Crippen LogP contribution in [0.2, 0.25) is 0 Å². The molecule has 2 rings (SSSR count). The van der Waals surface area contributed by atoms with Gasteiger partial charge < -0.3 is 14.8 Å². The van der Waals surface area contributed by atoms with E-state index in [1.807, 2.05) is 7.05 Å². The molecule has 3 nitrogen and oxygen atoms in total. The second-order valence-electron chi connectivity index (χ2n) is 5.35. The molecule has 1 aliphatic heterocycles. The summed E-state index contributed by atoms with van der Waals surface area (Å²) in [5, 5.41) is 3.43. The molecule has 0 radical (unpaired) electrons. The zero-order valence-corrected chi connectivity index (χ0v) is 12.5. The summed E-state index contributed by atoms with van der Waals surface area (Å²) in [5.74, 6) is 0.959. The van der Waals surface area contributed by atoms with Crippen LogP contribution in [0, 0.1) is 13.8 Å². The van der Waals surface area contributed by atoms with Crippen molar-refractivity contribution in [2.75, 3.05) is 20.8 Å². The minimum absolute atomic E-state index is 0.268. The van der Waals surface area contributed by atoms with E-state index in [0.717, 1.165) is 18.8 Å². The van der Waals surface area contributed by atoms with Crippen LogP contribution in [-0.2, 0) is 4.74 Å². The van der Waals surface area contributed by atoms with E-state index in [9.17, 15) is 0 Å². The van der Waals surface area contributed by atoms with Gasteiger partial charge in [0, 0.05) is 6.61 Å². The summed E-state index contributed by atoms with van der Waals surface area (Å²) in [4.78, 5) is 0. The van der Waals surface area contributed by atoms with E-state index in [1.54, 1.807) is 7.11 Å². The summed E-state index contributed by atoms with van der Waals surface area (Å²) in [5.41, 5.74) is 3.77. The molecule has 19 heavy (non-hydrogen) atoms. The van der Waals surface area contributed by atoms with Gasteiger partial charge >= 0.3 is 0 Å². The standard InChI is InChI=1S/C16H25NO2/c1-11-10-15(18-4)12(2)9-13(11)16(17-3)14-7-5-6-8-19-14/h9-10,14,16-17H,5-8H2,1-4H3. The Morgan fingerprint density at radius 3 is 2.63 bits per heavy atom. The predicted octanol–water partition coefficient (Wildman–Crippen LogP) is 3.14. The minimum atomic E-state index is 0.268. The topological polar surface area (TPSA) is 30.5 Å². The molecule has 2 atom stereocenters. The van der Waals surface area contributed by atoms with Crippen molar-refractivity contribution in [2.45, 2.75) is 45.3 Å². The van der Waals surface area contributed by atoms with Crippen molar-refractivity contribution < 1.29 is 9.47 Å². The van der Waals surface area contributed by atoms with Crippen LogP contribution in [0.5, 0.6) is 5.75 Å². The van der Waals surface area contributed by atoms with Gasteiger partial charge in [-0.1, -0.05) is 6.07 Å². The molecule has 1 saturated heterocycles. The average molecular weight is 263 g/mol. The van der Waals surface area contributed by atoms with Crippen molar-refractivity contribution >= 4 is 0 Å². The molecule has 0 aromatic heterocycles. The van der Waals surface area contributed by atoms with Gasteiger partial charge in [-0.05, 0) is 62.9 Å². The number of ether oxygens (including phenoxy) is 2. The lowest BCUT2D eigenvalue weighted by atomic mass is 9.91. The summed E-state index contributed by atoms with van der Waals surface area (Å²) in [7, 11) is 3.74. The third-order valence-corrected chi connectivity index (χ3v) is 4.02. The van der Waals surface area contributed by atoms with Crippen LogP contribution in [0.3, 0.4) is 0 Å². The number of likely N-dealkylation sites (N-methyl/N-ethyl adjacent to an activating group) is 1. The Labute approximate surface area is 116 Å². The van der Waals surface area contributed by atoms with Crippen LogP contribution >= 0.6 is 0 Å². The molecule has 3 heteroatoms. The smallest absolute Gasteiger partial charge is 0.122 e. The molecular formula is C16H25NO2. The fraction of sp³-hybridized carbons (Fsp3) is 0.625. The first-order valence-electron chi connectivity index (χ1n) is 7.11. The summed E-state index contributed by atoms with van der Waals surface area (Å²) < 4.78 is 11.3. The SMILES string of the molecule is CNC(c1cc(C)c(OC)cc1C)C1CCCCO1. The Bertz CT molecular complexity index is 425. The van der Waals surface area contributed by atoms with Crippen LogP contribution < -0.4 is 10.1 Å². The van der Waals surface area contributed by atoms with Crippen LogP contribution in [0.25, 0.3) is 0 Å². The molecule has 0 amide bonds. The molecule has 2 unspecified atom stereocenters. The van der Waals surface area contributed by atoms with Gasteiger partial charge in [0.25, 0.3) is 0 Å². The number of hydrogen-bond acceptors (Lipinski definition) is 3. The fourth-order valence-electron chi connectivity index (χ4n) is 2.94. The average Bonchev–Trinajstić information content (AvgIpc) is 2.44. The van der Waals surface area contributed by atoms with Crippen LogP contribution in [-0.4, -0.2) is 26.9 Å². The van der Waals surface area contributed by atoms with Crippen molar-refractivity contribution in [1.29, 1.82) is 0 Å². The molecule has 1 N–H and O–H groups in total. The Balaban J connectivity index is 2.29. The van der Waals surface area contributed by atoms with E-state index in [1.165, 1.54) is 29.5 Å². The van der Waals surface area contributed by atoms with Gasteiger partial charge in [0.1, 0.15) is 5.75 Å². The Hall–Kier alpha value is -1.06. The second kappa shape index (κ2) is 6.40. The van der Waals surface area contributed by atoms with Gasteiger partial charge in [0.2, 0.25) is 0 Å². The van der Waals surface area contributed by atoms with Gasteiger partial charge in [-0.15, -0.1) is 0 Å². The van der Waals surface area contributed by atoms with Crippen molar-refractivity contribution in [3.05, 3.63) is 28.8 Å². The van der Waals surface area contributed by atoms with Gasteiger partial charge in [-0.2, -0.15) is 0 Å². The highest BCUT2D eigenvalue weighted by Gasteiger charge is 2.26. The molecule has 106 valence electrons. The summed E-state index contributed by atoms with van der Waals surface area (Å²) >= 11 is 0. The predicted molar refractivity (Wildman–Crippen MR) is 77.9 cm³/mol. The van der Waals surface area contributed by atoms with Gasteiger partial charge in [0.15, 0.2) is 0 Å². The number of rotatable bonds is 4. The molecule has 1 fully saturated rings. The van der Waals surface area contributed by atoms with Gasteiger partial charge in [-0.25, -0.2) is 0 Å². The van der Waals surface area contributed by atoms with E-state index in [4.69, 9.17) is 9.47 Å². The fourth-order valence-corrected chi connectivity index (χ4v) is 2.94. The Morgan fingerprint density at radius 2 is 2.05 bits per heavy atom. The van der Waals surface area contributed by atoms with E-state index in [2.05, 4.69) is 31.3 Å². The maximum atomic E-state index is 5.94. The van der Waals surface area contributed by atoms with Crippen LogP contribution in [0.15, 0.2) is 12.1 Å². The molecule has 1 aliphatic rings. The Morgan fingerprint density at radius 1 is 1.26 bits per heavy atom. The van der Waals surface area contributed by atoms with E-state index in [0.29, 0.717) is 0 Å². The van der Waals surface area contributed by atoms with Gasteiger partial charge in [0.05, 0.1) is 19.3 Å². The maximum Gasteiger partial charge on any atom is 0.122 e. The van der Waals surface area contributed by atoms with Crippen LogP contribution in [0.1, 0.15) is 42.0 Å². The van der Waals surface area contributed by atoms with Crippen molar-refractivity contribution in [2.24, 2.45) is 0 Å². The largest absolute Gasteiger partial charge is 0.496 e. The normalized spacial score (nSPS) is 21.2. The molecule has 1 aromatic carbocycles. The van der Waals surface area contributed by atoms with E-state index < -0.39 is 0 Å². The number of hydrogen-bond donors (Lipinski definition) is 1. The molecule has 0 aliphatic carbocycles. The minimum Gasteiger partial charge on any atom is -0.496 e.